The molecule has 8 nitrogen and oxygen atoms in total. The van der Waals surface area contributed by atoms with Gasteiger partial charge in [-0.3, -0.25) is 24.1 Å². The van der Waals surface area contributed by atoms with Gasteiger partial charge in [0.15, 0.2) is 0 Å². The van der Waals surface area contributed by atoms with Crippen molar-refractivity contribution in [2.45, 2.75) is 29.7 Å². The van der Waals surface area contributed by atoms with E-state index in [-0.39, 0.29) is 4.87 Å². The van der Waals surface area contributed by atoms with Crippen LogP contribution in [0.4, 0.5) is 0 Å². The molecule has 180 valence electrons. The van der Waals surface area contributed by atoms with Crippen LogP contribution >= 0.6 is 39.0 Å². The Morgan fingerprint density at radius 1 is 1.17 bits per heavy atom. The van der Waals surface area contributed by atoms with Gasteiger partial charge in [0.05, 0.1) is 10.9 Å². The number of aliphatic carboxylic acids is 1. The number of aromatic nitrogens is 1. The van der Waals surface area contributed by atoms with Gasteiger partial charge in [-0.05, 0) is 30.7 Å². The number of ether oxygens (including phenoxy) is 1. The van der Waals surface area contributed by atoms with E-state index >= 15 is 0 Å². The molecule has 0 saturated carbocycles. The first-order valence-electron chi connectivity index (χ1n) is 10.7. The third-order valence-electron chi connectivity index (χ3n) is 5.99. The standard InChI is InChI=1S/C24H19BrN2O6S2/c1-11-3-2-4-12(7-11)10-33-15-6-5-13(25)8-14(15)17-18-20(34-21-19(17)35-24(32)26-21)23(31)27(22(18)30)9-16(28)29/h2-8,17-18,20H,9-10H2,1H3,(H,26,32)(H,28,29)/t17-,18?,20?/m1/s1. The summed E-state index contributed by atoms with van der Waals surface area (Å²) in [4.78, 5) is 54.0. The summed E-state index contributed by atoms with van der Waals surface area (Å²) in [6, 6.07) is 13.4. The van der Waals surface area contributed by atoms with Gasteiger partial charge in [0.1, 0.15) is 24.2 Å². The molecule has 0 aliphatic carbocycles. The quantitative estimate of drug-likeness (QED) is 0.430. The van der Waals surface area contributed by atoms with Crippen molar-refractivity contribution in [1.29, 1.82) is 0 Å². The molecule has 2 N–H and O–H groups in total. The van der Waals surface area contributed by atoms with Crippen LogP contribution in [0.3, 0.4) is 0 Å². The number of fused-ring (bicyclic) bond motifs is 2. The summed E-state index contributed by atoms with van der Waals surface area (Å²) in [6.07, 6.45) is 0. The molecule has 3 atom stereocenters. The van der Waals surface area contributed by atoms with Crippen molar-refractivity contribution in [3.8, 4) is 5.75 Å². The van der Waals surface area contributed by atoms with Crippen LogP contribution in [0.1, 0.15) is 27.5 Å². The SMILES string of the molecule is Cc1cccc(COc2ccc(Br)cc2[C@H]2c3sc(=O)[nH]c3SC3C(=O)N(CC(=O)O)C(=O)C32)c1. The number of amides is 2. The van der Waals surface area contributed by atoms with Crippen LogP contribution in [0.15, 0.2) is 56.8 Å². The average molecular weight is 575 g/mol. The molecule has 0 radical (unpaired) electrons. The zero-order valence-corrected chi connectivity index (χ0v) is 21.5. The smallest absolute Gasteiger partial charge is 0.323 e. The van der Waals surface area contributed by atoms with E-state index in [0.29, 0.717) is 27.8 Å². The Morgan fingerprint density at radius 2 is 1.97 bits per heavy atom. The molecule has 5 rings (SSSR count). The first-order chi connectivity index (χ1) is 16.7. The number of thioether (sulfide) groups is 1. The van der Waals surface area contributed by atoms with E-state index in [1.165, 1.54) is 0 Å². The number of likely N-dealkylation sites (tertiary alicyclic amines) is 1. The number of aryl methyl sites for hydroxylation is 1. The fourth-order valence-electron chi connectivity index (χ4n) is 4.56. The number of carboxylic acid groups (broad SMARTS) is 1. The minimum atomic E-state index is -1.26. The number of carbonyl (C=O) groups is 3. The van der Waals surface area contributed by atoms with Gasteiger partial charge in [-0.1, -0.05) is 68.9 Å². The van der Waals surface area contributed by atoms with Gasteiger partial charge in [0.25, 0.3) is 0 Å². The van der Waals surface area contributed by atoms with Crippen LogP contribution in [0.2, 0.25) is 0 Å². The van der Waals surface area contributed by atoms with Gasteiger partial charge in [-0.15, -0.1) is 0 Å². The first kappa shape index (κ1) is 23.8. The van der Waals surface area contributed by atoms with Crippen LogP contribution in [0.5, 0.6) is 5.75 Å². The number of benzene rings is 2. The summed E-state index contributed by atoms with van der Waals surface area (Å²) in [5, 5.41) is 8.93. The minimum Gasteiger partial charge on any atom is -0.489 e. The van der Waals surface area contributed by atoms with Crippen LogP contribution in [0.25, 0.3) is 0 Å². The molecule has 2 aliphatic rings. The van der Waals surface area contributed by atoms with Gasteiger partial charge >= 0.3 is 10.8 Å². The number of rotatable bonds is 6. The summed E-state index contributed by atoms with van der Waals surface area (Å²) >= 11 is 5.59. The lowest BCUT2D eigenvalue weighted by Crippen LogP contribution is -2.36. The largest absolute Gasteiger partial charge is 0.489 e. The summed E-state index contributed by atoms with van der Waals surface area (Å²) in [7, 11) is 0. The second-order valence-electron chi connectivity index (χ2n) is 8.37. The lowest BCUT2D eigenvalue weighted by atomic mass is 9.82. The Hall–Kier alpha value is -2.89. The molecule has 35 heavy (non-hydrogen) atoms. The summed E-state index contributed by atoms with van der Waals surface area (Å²) in [5.74, 6) is -3.38. The fraction of sp³-hybridized carbons (Fsp3) is 0.250. The maximum absolute atomic E-state index is 13.4. The van der Waals surface area contributed by atoms with Crippen LogP contribution in [-0.4, -0.2) is 44.6 Å². The molecular weight excluding hydrogens is 556 g/mol. The molecule has 2 aromatic carbocycles. The van der Waals surface area contributed by atoms with Gasteiger partial charge in [0.2, 0.25) is 11.8 Å². The highest BCUT2D eigenvalue weighted by Crippen LogP contribution is 2.54. The molecular formula is C24H19BrN2O6S2. The van der Waals surface area contributed by atoms with Crippen molar-refractivity contribution in [3.63, 3.8) is 0 Å². The second-order valence-corrected chi connectivity index (χ2v) is 11.4. The van der Waals surface area contributed by atoms with E-state index in [1.807, 2.05) is 43.3 Å². The van der Waals surface area contributed by atoms with E-state index < -0.39 is 41.4 Å². The van der Waals surface area contributed by atoms with Crippen LogP contribution < -0.4 is 9.61 Å². The van der Waals surface area contributed by atoms with E-state index in [1.54, 1.807) is 6.07 Å². The molecule has 11 heteroatoms. The topological polar surface area (TPSA) is 117 Å². The van der Waals surface area contributed by atoms with Crippen molar-refractivity contribution in [3.05, 3.63) is 78.2 Å². The Balaban J connectivity index is 1.59. The summed E-state index contributed by atoms with van der Waals surface area (Å²) < 4.78 is 6.94. The molecule has 3 aromatic rings. The Bertz CT molecular complexity index is 1420. The zero-order valence-electron chi connectivity index (χ0n) is 18.3. The minimum absolute atomic E-state index is 0.285. The molecule has 0 spiro atoms. The number of halogens is 1. The number of hydrogen-bond donors (Lipinski definition) is 2. The molecule has 0 bridgehead atoms. The normalized spacial score (nSPS) is 21.1. The maximum Gasteiger partial charge on any atom is 0.323 e. The molecule has 2 aliphatic heterocycles. The highest BCUT2D eigenvalue weighted by atomic mass is 79.9. The lowest BCUT2D eigenvalue weighted by Gasteiger charge is -2.31. The number of carbonyl (C=O) groups excluding carboxylic acids is 2. The summed E-state index contributed by atoms with van der Waals surface area (Å²) in [5.41, 5.74) is 2.73. The monoisotopic (exact) mass is 574 g/mol. The average Bonchev–Trinajstić information content (AvgIpc) is 3.28. The number of imide groups is 1. The van der Waals surface area contributed by atoms with Gasteiger partial charge < -0.3 is 14.8 Å². The van der Waals surface area contributed by atoms with E-state index in [9.17, 15) is 24.3 Å². The third-order valence-corrected chi connectivity index (χ3v) is 8.89. The van der Waals surface area contributed by atoms with E-state index in [4.69, 9.17) is 4.74 Å². The number of thiazole rings is 1. The number of hydrogen-bond acceptors (Lipinski definition) is 7. The Kier molecular flexibility index (Phi) is 6.32. The van der Waals surface area contributed by atoms with Crippen molar-refractivity contribution in [2.24, 2.45) is 5.92 Å². The maximum atomic E-state index is 13.4. The number of H-pyrrole nitrogens is 1. The first-order valence-corrected chi connectivity index (χ1v) is 13.2. The van der Waals surface area contributed by atoms with Crippen molar-refractivity contribution in [1.82, 2.24) is 9.88 Å². The number of nitrogens with one attached hydrogen (secondary N) is 1. The number of carboxylic acids is 1. The van der Waals surface area contributed by atoms with Gasteiger partial charge in [0, 0.05) is 20.8 Å². The Labute approximate surface area is 216 Å². The highest BCUT2D eigenvalue weighted by Gasteiger charge is 2.56. The third kappa shape index (κ3) is 4.43. The zero-order chi connectivity index (χ0) is 24.9. The van der Waals surface area contributed by atoms with Crippen molar-refractivity contribution >= 4 is 56.8 Å². The molecule has 1 aromatic heterocycles. The van der Waals surface area contributed by atoms with Crippen LogP contribution in [0, 0.1) is 12.8 Å². The van der Waals surface area contributed by atoms with Crippen molar-refractivity contribution < 1.29 is 24.2 Å². The molecule has 1 fully saturated rings. The molecule has 1 saturated heterocycles. The highest BCUT2D eigenvalue weighted by molar-refractivity contribution is 9.10. The predicted molar refractivity (Wildman–Crippen MR) is 134 cm³/mol. The van der Waals surface area contributed by atoms with Gasteiger partial charge in [-0.25, -0.2) is 0 Å². The van der Waals surface area contributed by atoms with Gasteiger partial charge in [-0.2, -0.15) is 0 Å². The second kappa shape index (κ2) is 9.29. The molecule has 2 unspecified atom stereocenters. The molecule has 3 heterocycles. The predicted octanol–water partition coefficient (Wildman–Crippen LogP) is 3.76. The lowest BCUT2D eigenvalue weighted by molar-refractivity contribution is -0.149. The number of nitrogens with zero attached hydrogens (tertiary/aromatic N) is 1. The van der Waals surface area contributed by atoms with E-state index in [0.717, 1.165) is 43.6 Å². The molecule has 2 amide bonds. The number of aromatic amines is 1. The summed E-state index contributed by atoms with van der Waals surface area (Å²) in [6.45, 7) is 1.59. The van der Waals surface area contributed by atoms with E-state index in [2.05, 4.69) is 20.9 Å². The van der Waals surface area contributed by atoms with Crippen LogP contribution in [-0.2, 0) is 21.0 Å². The fourth-order valence-corrected chi connectivity index (χ4v) is 7.46. The Morgan fingerprint density at radius 3 is 2.71 bits per heavy atom. The van der Waals surface area contributed by atoms with Crippen molar-refractivity contribution in [2.75, 3.05) is 6.54 Å².